The van der Waals surface area contributed by atoms with E-state index in [0.29, 0.717) is 11.6 Å². The Labute approximate surface area is 109 Å². The number of nitrogens with zero attached hydrogens (tertiary/aromatic N) is 2. The summed E-state index contributed by atoms with van der Waals surface area (Å²) in [4.78, 5) is 8.14. The van der Waals surface area contributed by atoms with Crippen molar-refractivity contribution in [3.05, 3.63) is 40.9 Å². The van der Waals surface area contributed by atoms with Gasteiger partial charge in [0, 0.05) is 12.6 Å². The van der Waals surface area contributed by atoms with Crippen LogP contribution < -0.4 is 10.6 Å². The van der Waals surface area contributed by atoms with Crippen LogP contribution in [-0.2, 0) is 0 Å². The smallest absolute Gasteiger partial charge is 0.165 e. The molecule has 0 unspecified atom stereocenters. The van der Waals surface area contributed by atoms with Crippen LogP contribution in [0.25, 0.3) is 0 Å². The van der Waals surface area contributed by atoms with Crippen molar-refractivity contribution in [1.29, 1.82) is 0 Å². The summed E-state index contributed by atoms with van der Waals surface area (Å²) in [5.41, 5.74) is 1.09. The van der Waals surface area contributed by atoms with Crippen molar-refractivity contribution in [1.82, 2.24) is 9.97 Å². The Kier molecular flexibility index (Phi) is 3.62. The molecule has 2 rings (SSSR count). The maximum absolute atomic E-state index is 13.7. The van der Waals surface area contributed by atoms with Gasteiger partial charge in [-0.2, -0.15) is 0 Å². The van der Waals surface area contributed by atoms with Crippen LogP contribution in [0.4, 0.5) is 21.7 Å². The first-order chi connectivity index (χ1) is 8.63. The van der Waals surface area contributed by atoms with Crippen molar-refractivity contribution in [3.8, 4) is 0 Å². The molecule has 2 N–H and O–H groups in total. The van der Waals surface area contributed by atoms with E-state index in [1.54, 1.807) is 19.2 Å². The maximum Gasteiger partial charge on any atom is 0.165 e. The van der Waals surface area contributed by atoms with Gasteiger partial charge in [-0.25, -0.2) is 14.4 Å². The van der Waals surface area contributed by atoms with Gasteiger partial charge in [-0.1, -0.05) is 17.7 Å². The lowest BCUT2D eigenvalue weighted by molar-refractivity contribution is 0.632. The van der Waals surface area contributed by atoms with Crippen LogP contribution in [0.15, 0.2) is 24.5 Å². The predicted molar refractivity (Wildman–Crippen MR) is 71.0 cm³/mol. The second-order valence-corrected chi connectivity index (χ2v) is 4.08. The Bertz CT molecular complexity index is 574. The van der Waals surface area contributed by atoms with Crippen LogP contribution in [0.2, 0.25) is 5.02 Å². The number of benzene rings is 1. The van der Waals surface area contributed by atoms with Gasteiger partial charge in [0.2, 0.25) is 0 Å². The molecule has 0 aliphatic carbocycles. The molecule has 0 radical (unpaired) electrons. The molecule has 1 aromatic carbocycles. The third kappa shape index (κ3) is 2.36. The first kappa shape index (κ1) is 12.6. The number of halogens is 2. The van der Waals surface area contributed by atoms with Crippen molar-refractivity contribution < 1.29 is 4.39 Å². The summed E-state index contributed by atoms with van der Waals surface area (Å²) in [6, 6.07) is 4.76. The van der Waals surface area contributed by atoms with Gasteiger partial charge in [-0.3, -0.25) is 0 Å². The average Bonchev–Trinajstić information content (AvgIpc) is 2.37. The average molecular weight is 267 g/mol. The third-order valence-corrected chi connectivity index (χ3v) is 2.82. The van der Waals surface area contributed by atoms with Gasteiger partial charge < -0.3 is 10.6 Å². The molecule has 0 saturated heterocycles. The molecule has 0 aliphatic heterocycles. The minimum absolute atomic E-state index is 0.0700. The minimum atomic E-state index is -0.497. The minimum Gasteiger partial charge on any atom is -0.373 e. The Morgan fingerprint density at radius 3 is 2.67 bits per heavy atom. The molecule has 94 valence electrons. The molecule has 0 atom stereocenters. The zero-order valence-corrected chi connectivity index (χ0v) is 10.7. The van der Waals surface area contributed by atoms with Crippen LogP contribution >= 0.6 is 11.6 Å². The largest absolute Gasteiger partial charge is 0.373 e. The molecular weight excluding hydrogens is 255 g/mol. The number of hydrogen-bond acceptors (Lipinski definition) is 4. The highest BCUT2D eigenvalue weighted by Gasteiger charge is 2.10. The van der Waals surface area contributed by atoms with Gasteiger partial charge in [0.15, 0.2) is 5.82 Å². The highest BCUT2D eigenvalue weighted by Crippen LogP contribution is 2.27. The first-order valence-corrected chi connectivity index (χ1v) is 5.71. The van der Waals surface area contributed by atoms with Crippen molar-refractivity contribution in [2.24, 2.45) is 0 Å². The number of nitrogens with one attached hydrogen (secondary N) is 2. The summed E-state index contributed by atoms with van der Waals surface area (Å²) >= 11 is 5.72. The summed E-state index contributed by atoms with van der Waals surface area (Å²) in [5.74, 6) is 0.730. The van der Waals surface area contributed by atoms with E-state index in [2.05, 4.69) is 20.6 Å². The van der Waals surface area contributed by atoms with Crippen molar-refractivity contribution in [2.45, 2.75) is 6.92 Å². The van der Waals surface area contributed by atoms with Gasteiger partial charge in [-0.05, 0) is 19.1 Å². The molecule has 4 nitrogen and oxygen atoms in total. The van der Waals surface area contributed by atoms with E-state index >= 15 is 0 Å². The molecule has 0 fully saturated rings. The first-order valence-electron chi connectivity index (χ1n) is 5.34. The van der Waals surface area contributed by atoms with Crippen LogP contribution in [0.5, 0.6) is 0 Å². The summed E-state index contributed by atoms with van der Waals surface area (Å²) in [5, 5.41) is 5.91. The Morgan fingerprint density at radius 2 is 1.94 bits per heavy atom. The van der Waals surface area contributed by atoms with E-state index in [1.165, 1.54) is 12.4 Å². The molecule has 1 heterocycles. The fraction of sp³-hybridized carbons (Fsp3) is 0.167. The monoisotopic (exact) mass is 266 g/mol. The van der Waals surface area contributed by atoms with Gasteiger partial charge in [0.25, 0.3) is 0 Å². The Balaban J connectivity index is 2.37. The van der Waals surface area contributed by atoms with Crippen LogP contribution in [0.1, 0.15) is 5.56 Å². The molecule has 0 saturated carbocycles. The van der Waals surface area contributed by atoms with E-state index < -0.39 is 5.82 Å². The fourth-order valence-electron chi connectivity index (χ4n) is 1.56. The number of anilines is 3. The highest BCUT2D eigenvalue weighted by molar-refractivity contribution is 6.31. The van der Waals surface area contributed by atoms with E-state index in [-0.39, 0.29) is 10.7 Å². The van der Waals surface area contributed by atoms with Gasteiger partial charge in [0.1, 0.15) is 18.0 Å². The normalized spacial score (nSPS) is 10.2. The second kappa shape index (κ2) is 5.18. The SMILES string of the molecule is CNc1ncnc(Nc2cccc(Cl)c2F)c1C. The van der Waals surface area contributed by atoms with Crippen LogP contribution in [0, 0.1) is 12.7 Å². The molecule has 1 aromatic heterocycles. The highest BCUT2D eigenvalue weighted by atomic mass is 35.5. The summed E-state index contributed by atoms with van der Waals surface area (Å²) < 4.78 is 13.7. The molecule has 18 heavy (non-hydrogen) atoms. The Hall–Kier alpha value is -1.88. The molecule has 0 amide bonds. The molecule has 0 spiro atoms. The van der Waals surface area contributed by atoms with E-state index in [0.717, 1.165) is 5.56 Å². The summed E-state index contributed by atoms with van der Waals surface area (Å²) in [7, 11) is 1.76. The van der Waals surface area contributed by atoms with E-state index in [4.69, 9.17) is 11.6 Å². The van der Waals surface area contributed by atoms with Crippen LogP contribution in [0.3, 0.4) is 0 Å². The van der Waals surface area contributed by atoms with Gasteiger partial charge >= 0.3 is 0 Å². The molecular formula is C12H12ClFN4. The number of aromatic nitrogens is 2. The maximum atomic E-state index is 13.7. The van der Waals surface area contributed by atoms with Gasteiger partial charge in [0.05, 0.1) is 10.7 Å². The quantitative estimate of drug-likeness (QED) is 0.894. The molecule has 2 aromatic rings. The lowest BCUT2D eigenvalue weighted by Gasteiger charge is -2.11. The van der Waals surface area contributed by atoms with E-state index in [9.17, 15) is 4.39 Å². The molecule has 0 aliphatic rings. The topological polar surface area (TPSA) is 49.8 Å². The van der Waals surface area contributed by atoms with Crippen molar-refractivity contribution in [2.75, 3.05) is 17.7 Å². The molecule has 6 heteroatoms. The standard InChI is InChI=1S/C12H12ClFN4/c1-7-11(15-2)16-6-17-12(7)18-9-5-3-4-8(13)10(9)14/h3-6H,1-2H3,(H2,15,16,17,18). The summed E-state index contributed by atoms with van der Waals surface area (Å²) in [6.45, 7) is 1.84. The fourth-order valence-corrected chi connectivity index (χ4v) is 1.73. The molecule has 0 bridgehead atoms. The van der Waals surface area contributed by atoms with Gasteiger partial charge in [-0.15, -0.1) is 0 Å². The lowest BCUT2D eigenvalue weighted by Crippen LogP contribution is -2.03. The zero-order chi connectivity index (χ0) is 13.1. The van der Waals surface area contributed by atoms with Crippen molar-refractivity contribution in [3.63, 3.8) is 0 Å². The number of rotatable bonds is 3. The third-order valence-electron chi connectivity index (χ3n) is 2.53. The van der Waals surface area contributed by atoms with Crippen LogP contribution in [-0.4, -0.2) is 17.0 Å². The van der Waals surface area contributed by atoms with Crippen molar-refractivity contribution >= 4 is 28.9 Å². The second-order valence-electron chi connectivity index (χ2n) is 3.67. The predicted octanol–water partition coefficient (Wildman–Crippen LogP) is 3.36. The number of hydrogen-bond donors (Lipinski definition) is 2. The summed E-state index contributed by atoms with van der Waals surface area (Å²) in [6.07, 6.45) is 1.41. The lowest BCUT2D eigenvalue weighted by atomic mass is 10.2. The zero-order valence-electron chi connectivity index (χ0n) is 9.96. The van der Waals surface area contributed by atoms with E-state index in [1.807, 2.05) is 6.92 Å². The Morgan fingerprint density at radius 1 is 1.22 bits per heavy atom.